The zero-order chi connectivity index (χ0) is 23.1. The van der Waals surface area contributed by atoms with E-state index < -0.39 is 11.7 Å². The lowest BCUT2D eigenvalue weighted by atomic mass is 10.1. The van der Waals surface area contributed by atoms with Crippen molar-refractivity contribution in [1.29, 1.82) is 0 Å². The van der Waals surface area contributed by atoms with Crippen molar-refractivity contribution in [1.82, 2.24) is 14.3 Å². The Balaban J connectivity index is 1.54. The summed E-state index contributed by atoms with van der Waals surface area (Å²) in [5.41, 5.74) is 2.47. The van der Waals surface area contributed by atoms with Crippen molar-refractivity contribution in [2.75, 3.05) is 18.5 Å². The van der Waals surface area contributed by atoms with Crippen molar-refractivity contribution in [3.05, 3.63) is 76.0 Å². The summed E-state index contributed by atoms with van der Waals surface area (Å²) in [6, 6.07) is 12.5. The summed E-state index contributed by atoms with van der Waals surface area (Å²) in [6.45, 7) is 4.29. The quantitative estimate of drug-likeness (QED) is 0.517. The molecule has 8 nitrogen and oxygen atoms in total. The molecule has 0 saturated carbocycles. The molecule has 9 heteroatoms. The number of halogens is 1. The zero-order valence-electron chi connectivity index (χ0n) is 18.1. The number of aryl methyl sites for hydroxylation is 2. The highest BCUT2D eigenvalue weighted by Crippen LogP contribution is 2.32. The molecule has 3 heterocycles. The van der Waals surface area contributed by atoms with Crippen LogP contribution < -0.4 is 20.3 Å². The molecule has 0 bridgehead atoms. The number of rotatable bonds is 4. The number of aromatic nitrogens is 3. The fourth-order valence-electron chi connectivity index (χ4n) is 4.07. The van der Waals surface area contributed by atoms with Crippen molar-refractivity contribution in [2.45, 2.75) is 20.4 Å². The minimum absolute atomic E-state index is 0.246. The van der Waals surface area contributed by atoms with Gasteiger partial charge in [-0.1, -0.05) is 6.07 Å². The van der Waals surface area contributed by atoms with E-state index in [-0.39, 0.29) is 12.1 Å². The largest absolute Gasteiger partial charge is 0.486 e. The van der Waals surface area contributed by atoms with Gasteiger partial charge in [0.05, 0.1) is 11.4 Å². The number of amides is 1. The van der Waals surface area contributed by atoms with Gasteiger partial charge < -0.3 is 14.8 Å². The van der Waals surface area contributed by atoms with Crippen molar-refractivity contribution in [2.24, 2.45) is 0 Å². The minimum Gasteiger partial charge on any atom is -0.486 e. The van der Waals surface area contributed by atoms with E-state index in [1.54, 1.807) is 30.3 Å². The summed E-state index contributed by atoms with van der Waals surface area (Å²) in [4.78, 5) is 25.8. The van der Waals surface area contributed by atoms with Crippen LogP contribution in [0.15, 0.2) is 53.3 Å². The Morgan fingerprint density at radius 2 is 1.88 bits per heavy atom. The molecule has 0 saturated heterocycles. The van der Waals surface area contributed by atoms with Gasteiger partial charge in [-0.3, -0.25) is 14.2 Å². The first-order valence-corrected chi connectivity index (χ1v) is 10.5. The maximum absolute atomic E-state index is 13.9. The molecule has 0 radical (unpaired) electrons. The summed E-state index contributed by atoms with van der Waals surface area (Å²) in [7, 11) is 0. The van der Waals surface area contributed by atoms with Gasteiger partial charge in [-0.05, 0) is 49.7 Å². The SMILES string of the molecule is Cc1cc(=O)n(CC(=O)Nc2ccc3c(c2)OCCO3)c2c1c(C)nn2-c1cccc(F)c1. The molecular weight excluding hydrogens is 427 g/mol. The Hall–Kier alpha value is -4.14. The number of carbonyl (C=O) groups is 1. The summed E-state index contributed by atoms with van der Waals surface area (Å²) >= 11 is 0. The van der Waals surface area contributed by atoms with Crippen LogP contribution in [0.5, 0.6) is 11.5 Å². The molecule has 1 N–H and O–H groups in total. The molecule has 0 aliphatic carbocycles. The number of carbonyl (C=O) groups excluding carboxylic acids is 1. The average Bonchev–Trinajstić information content (AvgIpc) is 3.14. The van der Waals surface area contributed by atoms with Gasteiger partial charge in [0.1, 0.15) is 31.2 Å². The van der Waals surface area contributed by atoms with E-state index in [1.807, 2.05) is 13.8 Å². The molecule has 1 aliphatic heterocycles. The van der Waals surface area contributed by atoms with Gasteiger partial charge in [0.25, 0.3) is 5.56 Å². The van der Waals surface area contributed by atoms with Gasteiger partial charge in [-0.15, -0.1) is 0 Å². The van der Waals surface area contributed by atoms with Crippen molar-refractivity contribution in [3.8, 4) is 17.2 Å². The smallest absolute Gasteiger partial charge is 0.252 e. The number of nitrogens with zero attached hydrogens (tertiary/aromatic N) is 3. The lowest BCUT2D eigenvalue weighted by Gasteiger charge is -2.19. The Kier molecular flexibility index (Phi) is 5.08. The molecule has 1 aliphatic rings. The van der Waals surface area contributed by atoms with Crippen LogP contribution in [0.4, 0.5) is 10.1 Å². The molecule has 4 aromatic rings. The molecule has 0 unspecified atom stereocenters. The predicted octanol–water partition coefficient (Wildman–Crippen LogP) is 3.35. The van der Waals surface area contributed by atoms with Gasteiger partial charge in [-0.25, -0.2) is 9.07 Å². The van der Waals surface area contributed by atoms with Gasteiger partial charge in [0, 0.05) is 23.2 Å². The highest BCUT2D eigenvalue weighted by atomic mass is 19.1. The van der Waals surface area contributed by atoms with E-state index in [9.17, 15) is 14.0 Å². The van der Waals surface area contributed by atoms with E-state index in [0.717, 1.165) is 10.9 Å². The Bertz CT molecular complexity index is 1460. The monoisotopic (exact) mass is 448 g/mol. The Morgan fingerprint density at radius 1 is 1.09 bits per heavy atom. The highest BCUT2D eigenvalue weighted by Gasteiger charge is 2.19. The summed E-state index contributed by atoms with van der Waals surface area (Å²) < 4.78 is 27.8. The highest BCUT2D eigenvalue weighted by molar-refractivity contribution is 5.92. The number of ether oxygens (including phenoxy) is 2. The first kappa shape index (κ1) is 20.7. The maximum Gasteiger partial charge on any atom is 0.252 e. The van der Waals surface area contributed by atoms with Crippen molar-refractivity contribution >= 4 is 22.6 Å². The van der Waals surface area contributed by atoms with Gasteiger partial charge >= 0.3 is 0 Å². The number of hydrogen-bond donors (Lipinski definition) is 1. The fourth-order valence-corrected chi connectivity index (χ4v) is 4.07. The summed E-state index contributed by atoms with van der Waals surface area (Å²) in [5.74, 6) is 0.342. The molecule has 0 spiro atoms. The van der Waals surface area contributed by atoms with Crippen LogP contribution in [-0.4, -0.2) is 33.5 Å². The average molecular weight is 448 g/mol. The van der Waals surface area contributed by atoms with Crippen LogP contribution in [0.1, 0.15) is 11.3 Å². The van der Waals surface area contributed by atoms with Crippen LogP contribution in [0.2, 0.25) is 0 Å². The number of nitrogens with one attached hydrogen (secondary N) is 1. The van der Waals surface area contributed by atoms with E-state index in [4.69, 9.17) is 9.47 Å². The van der Waals surface area contributed by atoms with E-state index in [2.05, 4.69) is 10.4 Å². The standard InChI is InChI=1S/C24H21FN4O4/c1-14-10-22(31)28(13-21(30)26-17-6-7-19-20(12-17)33-9-8-32-19)24-23(14)15(2)27-29(24)18-5-3-4-16(25)11-18/h3-7,10-12H,8-9,13H2,1-2H3,(H,26,30). The second-order valence-electron chi connectivity index (χ2n) is 7.83. The number of hydrogen-bond acceptors (Lipinski definition) is 5. The molecule has 168 valence electrons. The van der Waals surface area contributed by atoms with Crippen LogP contribution >= 0.6 is 0 Å². The molecule has 33 heavy (non-hydrogen) atoms. The normalized spacial score (nSPS) is 12.7. The second-order valence-corrected chi connectivity index (χ2v) is 7.83. The van der Waals surface area contributed by atoms with Crippen molar-refractivity contribution in [3.63, 3.8) is 0 Å². The number of fused-ring (bicyclic) bond motifs is 2. The first-order valence-electron chi connectivity index (χ1n) is 10.5. The third-order valence-electron chi connectivity index (χ3n) is 5.47. The minimum atomic E-state index is -0.424. The van der Waals surface area contributed by atoms with Crippen LogP contribution in [0.3, 0.4) is 0 Å². The van der Waals surface area contributed by atoms with E-state index >= 15 is 0 Å². The third-order valence-corrected chi connectivity index (χ3v) is 5.47. The van der Waals surface area contributed by atoms with Gasteiger partial charge in [-0.2, -0.15) is 5.10 Å². The molecule has 5 rings (SSSR count). The maximum atomic E-state index is 13.9. The molecule has 1 amide bonds. The zero-order valence-corrected chi connectivity index (χ0v) is 18.1. The molecule has 0 atom stereocenters. The van der Waals surface area contributed by atoms with E-state index in [1.165, 1.54) is 27.4 Å². The molecule has 0 fully saturated rings. The van der Waals surface area contributed by atoms with Gasteiger partial charge in [0.15, 0.2) is 11.5 Å². The number of benzene rings is 2. The Labute approximate surface area is 188 Å². The van der Waals surface area contributed by atoms with Crippen LogP contribution in [0.25, 0.3) is 16.7 Å². The lowest BCUT2D eigenvalue weighted by Crippen LogP contribution is -2.29. The topological polar surface area (TPSA) is 87.4 Å². The summed E-state index contributed by atoms with van der Waals surface area (Å²) in [6.07, 6.45) is 0. The van der Waals surface area contributed by atoms with E-state index in [0.29, 0.717) is 47.4 Å². The number of anilines is 1. The second kappa shape index (κ2) is 8.09. The Morgan fingerprint density at radius 3 is 2.67 bits per heavy atom. The lowest BCUT2D eigenvalue weighted by molar-refractivity contribution is -0.116. The van der Waals surface area contributed by atoms with Crippen LogP contribution in [-0.2, 0) is 11.3 Å². The third kappa shape index (κ3) is 3.82. The van der Waals surface area contributed by atoms with Gasteiger partial charge in [0.2, 0.25) is 5.91 Å². The predicted molar refractivity (Wildman–Crippen MR) is 121 cm³/mol. The molecule has 2 aromatic heterocycles. The number of pyridine rings is 1. The molecular formula is C24H21FN4O4. The first-order chi connectivity index (χ1) is 15.9. The molecule has 2 aromatic carbocycles. The fraction of sp³-hybridized carbons (Fsp3) is 0.208. The summed E-state index contributed by atoms with van der Waals surface area (Å²) in [5, 5.41) is 8.07. The van der Waals surface area contributed by atoms with Crippen LogP contribution in [0, 0.1) is 19.7 Å². The van der Waals surface area contributed by atoms with Crippen molar-refractivity contribution < 1.29 is 18.7 Å².